The van der Waals surface area contributed by atoms with Gasteiger partial charge in [-0.3, -0.25) is 0 Å². The average molecular weight is 612 g/mol. The Morgan fingerprint density at radius 1 is 0.867 bits per heavy atom. The second-order valence-electron chi connectivity index (χ2n) is 13.1. The van der Waals surface area contributed by atoms with Crippen LogP contribution in [0.15, 0.2) is 83.3 Å². The summed E-state index contributed by atoms with van der Waals surface area (Å²) in [6.45, 7) is 10.9. The van der Waals surface area contributed by atoms with Crippen LogP contribution in [0.5, 0.6) is 0 Å². The smallest absolute Gasteiger partial charge is 0.408 e. The van der Waals surface area contributed by atoms with Gasteiger partial charge in [0.2, 0.25) is 0 Å². The number of alkyl carbamates (subject to hydrolysis) is 1. The molecule has 5 aromatic rings. The fraction of sp³-hybridized carbons (Fsp3) is 0.297. The SMILES string of the molecule is CC(C)(C)OC(=O)NC(COCc1ccc(-c2ccc(-c3cccc4c3oc3ccccc34)c(C(C)(C)C)c2)cc1F)C(=O)O. The lowest BCUT2D eigenvalue weighted by atomic mass is 9.80. The molecular weight excluding hydrogens is 573 g/mol. The van der Waals surface area contributed by atoms with Gasteiger partial charge in [-0.2, -0.15) is 0 Å². The van der Waals surface area contributed by atoms with Crippen molar-refractivity contribution in [2.24, 2.45) is 0 Å². The van der Waals surface area contributed by atoms with Gasteiger partial charge in [0.25, 0.3) is 0 Å². The molecule has 0 spiro atoms. The summed E-state index contributed by atoms with van der Waals surface area (Å²) < 4.78 is 32.2. The van der Waals surface area contributed by atoms with Crippen molar-refractivity contribution in [1.29, 1.82) is 0 Å². The number of carbonyl (C=O) groups is 2. The van der Waals surface area contributed by atoms with E-state index in [0.717, 1.165) is 44.2 Å². The molecule has 2 N–H and O–H groups in total. The number of carboxylic acids is 1. The van der Waals surface area contributed by atoms with E-state index in [1.54, 1.807) is 26.8 Å². The van der Waals surface area contributed by atoms with Gasteiger partial charge in [0, 0.05) is 21.9 Å². The number of hydrogen-bond acceptors (Lipinski definition) is 5. The number of carbonyl (C=O) groups excluding carboxylic acids is 1. The van der Waals surface area contributed by atoms with E-state index in [9.17, 15) is 14.7 Å². The zero-order chi connectivity index (χ0) is 32.5. The Hall–Kier alpha value is -4.69. The average Bonchev–Trinajstić information content (AvgIpc) is 3.34. The van der Waals surface area contributed by atoms with Gasteiger partial charge in [0.15, 0.2) is 6.04 Å². The molecule has 234 valence electrons. The van der Waals surface area contributed by atoms with Crippen LogP contribution in [0.4, 0.5) is 9.18 Å². The van der Waals surface area contributed by atoms with Crippen LogP contribution < -0.4 is 5.32 Å². The monoisotopic (exact) mass is 611 g/mol. The Kier molecular flexibility index (Phi) is 8.72. The van der Waals surface area contributed by atoms with Gasteiger partial charge in [-0.15, -0.1) is 0 Å². The molecule has 1 heterocycles. The zero-order valence-electron chi connectivity index (χ0n) is 26.4. The molecule has 4 aromatic carbocycles. The first-order valence-corrected chi connectivity index (χ1v) is 14.9. The standard InChI is InChI=1S/C37H38FNO6/c1-36(2,3)29-18-22(16-17-25(29)27-11-9-12-28-26-10-7-8-13-32(26)44-33(27)28)23-14-15-24(30(38)19-23)20-43-21-31(34(40)41)39-35(42)45-37(4,5)6/h7-19,31H,20-21H2,1-6H3,(H,39,42)(H,40,41). The summed E-state index contributed by atoms with van der Waals surface area (Å²) in [5.41, 5.74) is 5.64. The second kappa shape index (κ2) is 12.4. The zero-order valence-corrected chi connectivity index (χ0v) is 26.4. The molecule has 7 nitrogen and oxygen atoms in total. The number of halogens is 1. The van der Waals surface area contributed by atoms with Crippen molar-refractivity contribution in [1.82, 2.24) is 5.32 Å². The molecule has 0 saturated heterocycles. The number of hydrogen-bond donors (Lipinski definition) is 2. The van der Waals surface area contributed by atoms with E-state index in [1.165, 1.54) is 6.07 Å². The molecule has 0 saturated carbocycles. The molecule has 8 heteroatoms. The minimum atomic E-state index is -1.35. The molecule has 1 unspecified atom stereocenters. The van der Waals surface area contributed by atoms with Gasteiger partial charge < -0.3 is 24.3 Å². The van der Waals surface area contributed by atoms with Gasteiger partial charge in [-0.05, 0) is 60.6 Å². The normalized spacial score (nSPS) is 12.8. The van der Waals surface area contributed by atoms with Crippen molar-refractivity contribution in [3.05, 3.63) is 95.8 Å². The highest BCUT2D eigenvalue weighted by atomic mass is 19.1. The van der Waals surface area contributed by atoms with Gasteiger partial charge >= 0.3 is 12.1 Å². The second-order valence-corrected chi connectivity index (χ2v) is 13.1. The number of fused-ring (bicyclic) bond motifs is 3. The lowest BCUT2D eigenvalue weighted by Gasteiger charge is -2.24. The molecule has 1 aromatic heterocycles. The molecule has 0 radical (unpaired) electrons. The maximum Gasteiger partial charge on any atom is 0.408 e. The molecule has 0 aliphatic heterocycles. The number of benzene rings is 4. The first kappa shape index (κ1) is 31.7. The molecule has 1 atom stereocenters. The highest BCUT2D eigenvalue weighted by Crippen LogP contribution is 2.41. The summed E-state index contributed by atoms with van der Waals surface area (Å²) in [4.78, 5) is 23.6. The van der Waals surface area contributed by atoms with E-state index in [1.807, 2.05) is 36.4 Å². The van der Waals surface area contributed by atoms with E-state index in [4.69, 9.17) is 13.9 Å². The molecule has 0 aliphatic rings. The van der Waals surface area contributed by atoms with E-state index in [-0.39, 0.29) is 24.2 Å². The number of furan rings is 1. The van der Waals surface area contributed by atoms with Crippen LogP contribution in [0.25, 0.3) is 44.2 Å². The van der Waals surface area contributed by atoms with E-state index in [0.29, 0.717) is 5.56 Å². The van der Waals surface area contributed by atoms with Crippen LogP contribution in [0.3, 0.4) is 0 Å². The topological polar surface area (TPSA) is 98.0 Å². The van der Waals surface area contributed by atoms with Crippen molar-refractivity contribution in [3.63, 3.8) is 0 Å². The molecule has 0 fully saturated rings. The Morgan fingerprint density at radius 3 is 2.24 bits per heavy atom. The van der Waals surface area contributed by atoms with Crippen LogP contribution in [-0.4, -0.2) is 35.4 Å². The maximum atomic E-state index is 15.3. The van der Waals surface area contributed by atoms with Crippen LogP contribution in [-0.2, 0) is 26.3 Å². The van der Waals surface area contributed by atoms with Crippen LogP contribution in [0, 0.1) is 5.82 Å². The lowest BCUT2D eigenvalue weighted by Crippen LogP contribution is -2.46. The molecular formula is C37H38FNO6. The number of aliphatic carboxylic acids is 1. The highest BCUT2D eigenvalue weighted by Gasteiger charge is 2.25. The van der Waals surface area contributed by atoms with Crippen LogP contribution >= 0.6 is 0 Å². The number of rotatable bonds is 8. The fourth-order valence-electron chi connectivity index (χ4n) is 5.29. The number of ether oxygens (including phenoxy) is 2. The molecule has 0 bridgehead atoms. The summed E-state index contributed by atoms with van der Waals surface area (Å²) in [7, 11) is 0. The third kappa shape index (κ3) is 7.18. The van der Waals surface area contributed by atoms with Gasteiger partial charge in [0.05, 0.1) is 13.2 Å². The predicted molar refractivity (Wildman–Crippen MR) is 174 cm³/mol. The largest absolute Gasteiger partial charge is 0.480 e. The maximum absolute atomic E-state index is 15.3. The first-order valence-electron chi connectivity index (χ1n) is 14.9. The Bertz CT molecular complexity index is 1880. The van der Waals surface area contributed by atoms with E-state index < -0.39 is 29.5 Å². The van der Waals surface area contributed by atoms with Crippen molar-refractivity contribution in [2.75, 3.05) is 6.61 Å². The van der Waals surface area contributed by atoms with Crippen LogP contribution in [0.2, 0.25) is 0 Å². The van der Waals surface area contributed by atoms with Crippen molar-refractivity contribution in [3.8, 4) is 22.3 Å². The van der Waals surface area contributed by atoms with Gasteiger partial charge in [-0.25, -0.2) is 14.0 Å². The summed E-state index contributed by atoms with van der Waals surface area (Å²) in [5.74, 6) is -1.76. The highest BCUT2D eigenvalue weighted by molar-refractivity contribution is 6.09. The predicted octanol–water partition coefficient (Wildman–Crippen LogP) is 8.85. The quantitative estimate of drug-likeness (QED) is 0.182. The third-order valence-electron chi connectivity index (χ3n) is 7.44. The van der Waals surface area contributed by atoms with Crippen LogP contribution in [0.1, 0.15) is 52.7 Å². The minimum Gasteiger partial charge on any atom is -0.480 e. The van der Waals surface area contributed by atoms with Crippen molar-refractivity contribution in [2.45, 2.75) is 65.2 Å². The van der Waals surface area contributed by atoms with E-state index >= 15 is 4.39 Å². The van der Waals surface area contributed by atoms with Gasteiger partial charge in [0.1, 0.15) is 22.6 Å². The molecule has 45 heavy (non-hydrogen) atoms. The van der Waals surface area contributed by atoms with E-state index in [2.05, 4.69) is 56.4 Å². The summed E-state index contributed by atoms with van der Waals surface area (Å²) in [5, 5.41) is 13.9. The Balaban J connectivity index is 1.37. The number of nitrogens with one attached hydrogen (secondary N) is 1. The van der Waals surface area contributed by atoms with Gasteiger partial charge in [-0.1, -0.05) is 87.5 Å². The van der Waals surface area contributed by atoms with Crippen molar-refractivity contribution < 1.29 is 33.0 Å². The molecule has 1 amide bonds. The third-order valence-corrected chi connectivity index (χ3v) is 7.44. The number of para-hydroxylation sites is 2. The first-order chi connectivity index (χ1) is 21.2. The minimum absolute atomic E-state index is 0.167. The summed E-state index contributed by atoms with van der Waals surface area (Å²) in [6.07, 6.45) is -0.871. The Morgan fingerprint density at radius 2 is 1.56 bits per heavy atom. The lowest BCUT2D eigenvalue weighted by molar-refractivity contribution is -0.141. The number of amides is 1. The summed E-state index contributed by atoms with van der Waals surface area (Å²) in [6, 6.07) is 23.9. The fourth-order valence-corrected chi connectivity index (χ4v) is 5.29. The molecule has 0 aliphatic carbocycles. The number of carboxylic acid groups (broad SMARTS) is 1. The summed E-state index contributed by atoms with van der Waals surface area (Å²) >= 11 is 0. The van der Waals surface area contributed by atoms with Crippen molar-refractivity contribution >= 4 is 34.0 Å². The Labute approximate surface area is 262 Å². The molecule has 5 rings (SSSR count).